The van der Waals surface area contributed by atoms with Crippen molar-refractivity contribution in [1.29, 1.82) is 0 Å². The molecule has 0 saturated heterocycles. The lowest BCUT2D eigenvalue weighted by atomic mass is 10.1. The van der Waals surface area contributed by atoms with Crippen LogP contribution < -0.4 is 5.32 Å². The van der Waals surface area contributed by atoms with Gasteiger partial charge >= 0.3 is 12.1 Å². The van der Waals surface area contributed by atoms with E-state index in [1.54, 1.807) is 42.7 Å². The highest BCUT2D eigenvalue weighted by Crippen LogP contribution is 2.31. The minimum absolute atomic E-state index is 0.291. The molecule has 0 radical (unpaired) electrons. The average Bonchev–Trinajstić information content (AvgIpc) is 3.21. The van der Waals surface area contributed by atoms with Gasteiger partial charge in [0.25, 0.3) is 5.91 Å². The number of carbonyl (C=O) groups excluding carboxylic acids is 1. The predicted molar refractivity (Wildman–Crippen MR) is 134 cm³/mol. The van der Waals surface area contributed by atoms with Crippen LogP contribution in [0.1, 0.15) is 43.4 Å². The Bertz CT molecular complexity index is 1190. The molecule has 0 saturated carbocycles. The zero-order chi connectivity index (χ0) is 26.5. The van der Waals surface area contributed by atoms with Crippen molar-refractivity contribution < 1.29 is 28.9 Å². The number of rotatable bonds is 10. The molecule has 2 aromatic heterocycles. The lowest BCUT2D eigenvalue weighted by molar-refractivity contribution is -0.369. The van der Waals surface area contributed by atoms with E-state index in [9.17, 15) is 14.7 Å². The molecule has 3 rings (SSSR count). The lowest BCUT2D eigenvalue weighted by Gasteiger charge is -2.33. The van der Waals surface area contributed by atoms with Crippen molar-refractivity contribution in [1.82, 2.24) is 19.4 Å². The summed E-state index contributed by atoms with van der Waals surface area (Å²) in [5.41, 5.74) is 1.68. The monoisotopic (exact) mass is 499 g/mol. The van der Waals surface area contributed by atoms with Gasteiger partial charge in [-0.25, -0.2) is 9.78 Å². The molecule has 2 heterocycles. The minimum Gasteiger partial charge on any atom is -0.465 e. The van der Waals surface area contributed by atoms with Crippen LogP contribution in [0.3, 0.4) is 0 Å². The lowest BCUT2D eigenvalue weighted by Crippen LogP contribution is -2.45. The fraction of sp³-hybridized carbons (Fsp3) is 0.440. The number of hydrogen-bond donors (Lipinski definition) is 2. The van der Waals surface area contributed by atoms with E-state index < -0.39 is 17.6 Å². The average molecular weight is 500 g/mol. The van der Waals surface area contributed by atoms with Crippen molar-refractivity contribution in [3.63, 3.8) is 0 Å². The molecule has 0 bridgehead atoms. The molecule has 11 heteroatoms. The Morgan fingerprint density at radius 3 is 2.36 bits per heavy atom. The number of ether oxygens (including phenoxy) is 3. The summed E-state index contributed by atoms with van der Waals surface area (Å²) >= 11 is 0. The van der Waals surface area contributed by atoms with Crippen LogP contribution in [0, 0.1) is 0 Å². The summed E-state index contributed by atoms with van der Waals surface area (Å²) in [6.45, 7) is 6.20. The summed E-state index contributed by atoms with van der Waals surface area (Å²) in [6.07, 6.45) is 2.67. The van der Waals surface area contributed by atoms with Gasteiger partial charge < -0.3 is 34.1 Å². The van der Waals surface area contributed by atoms with E-state index in [1.807, 2.05) is 25.3 Å². The summed E-state index contributed by atoms with van der Waals surface area (Å²) in [7, 11) is 4.32. The van der Waals surface area contributed by atoms with Crippen LogP contribution in [0.4, 0.5) is 10.5 Å². The number of aromatic nitrogens is 3. The van der Waals surface area contributed by atoms with E-state index in [0.717, 1.165) is 0 Å². The molecule has 36 heavy (non-hydrogen) atoms. The Hall–Kier alpha value is -3.54. The quantitative estimate of drug-likeness (QED) is 0.402. The summed E-state index contributed by atoms with van der Waals surface area (Å²) in [6, 6.07) is 8.62. The molecule has 0 fully saturated rings. The highest BCUT2D eigenvalue weighted by Gasteiger charge is 2.39. The number of benzene rings is 1. The van der Waals surface area contributed by atoms with Crippen molar-refractivity contribution in [3.8, 4) is 0 Å². The summed E-state index contributed by atoms with van der Waals surface area (Å²) in [5.74, 6) is -1.55. The molecule has 194 valence electrons. The van der Waals surface area contributed by atoms with Crippen molar-refractivity contribution in [2.24, 2.45) is 0 Å². The summed E-state index contributed by atoms with van der Waals surface area (Å²) in [4.78, 5) is 34.8. The second kappa shape index (κ2) is 11.0. The zero-order valence-electron chi connectivity index (χ0n) is 21.4. The number of amides is 2. The van der Waals surface area contributed by atoms with Crippen molar-refractivity contribution >= 4 is 28.7 Å². The van der Waals surface area contributed by atoms with Gasteiger partial charge in [-0.15, -0.1) is 0 Å². The third kappa shape index (κ3) is 5.64. The van der Waals surface area contributed by atoms with Crippen LogP contribution in [0.2, 0.25) is 0 Å². The Labute approximate surface area is 210 Å². The zero-order valence-corrected chi connectivity index (χ0v) is 21.4. The van der Waals surface area contributed by atoms with Gasteiger partial charge in [0.1, 0.15) is 0 Å². The number of carboxylic acid groups (broad SMARTS) is 1. The molecule has 1 aromatic carbocycles. The maximum atomic E-state index is 12.9. The smallest absolute Gasteiger partial charge is 0.407 e. The third-order valence-corrected chi connectivity index (χ3v) is 5.81. The van der Waals surface area contributed by atoms with E-state index in [1.165, 1.54) is 26.2 Å². The first-order valence-corrected chi connectivity index (χ1v) is 11.4. The van der Waals surface area contributed by atoms with Gasteiger partial charge in [-0.1, -0.05) is 0 Å². The molecular formula is C25H33N5O6. The molecule has 0 aliphatic heterocycles. The number of nitrogens with zero attached hydrogens (tertiary/aromatic N) is 4. The predicted octanol–water partition coefficient (Wildman–Crippen LogP) is 3.90. The van der Waals surface area contributed by atoms with Crippen LogP contribution in [-0.2, 0) is 26.7 Å². The molecule has 0 spiro atoms. The van der Waals surface area contributed by atoms with E-state index in [2.05, 4.69) is 15.3 Å². The van der Waals surface area contributed by atoms with E-state index in [4.69, 9.17) is 14.2 Å². The number of methoxy groups -OCH3 is 3. The van der Waals surface area contributed by atoms with Gasteiger partial charge in [0, 0.05) is 51.7 Å². The number of pyridine rings is 1. The Morgan fingerprint density at radius 1 is 1.11 bits per heavy atom. The van der Waals surface area contributed by atoms with Crippen molar-refractivity contribution in [2.75, 3.05) is 33.2 Å². The minimum atomic E-state index is -1.59. The Balaban J connectivity index is 2.01. The maximum absolute atomic E-state index is 12.9. The molecule has 2 amide bonds. The standard InChI is InChI=1S/C25H33N5O6/c1-24(2,3)30(23(32)33)14-8-13-29-20-15-17(21(31)27-18-9-7-12-26-16-18)10-11-19(20)28-22(29)25(34-4,35-5)36-6/h7,9-12,15-16H,8,13-14H2,1-6H3,(H,27,31)(H,32,33). The first-order valence-electron chi connectivity index (χ1n) is 11.4. The fourth-order valence-electron chi connectivity index (χ4n) is 3.99. The second-order valence-electron chi connectivity index (χ2n) is 9.11. The van der Waals surface area contributed by atoms with Crippen LogP contribution in [0.15, 0.2) is 42.7 Å². The number of fused-ring (bicyclic) bond motifs is 1. The number of hydrogen-bond acceptors (Lipinski definition) is 7. The molecule has 0 aliphatic rings. The SMILES string of the molecule is COC(OC)(OC)c1nc2ccc(C(=O)Nc3cccnc3)cc2n1CCCN(C(=O)O)C(C)(C)C. The fourth-order valence-corrected chi connectivity index (χ4v) is 3.99. The van der Waals surface area contributed by atoms with Crippen molar-refractivity contribution in [3.05, 3.63) is 54.1 Å². The Kier molecular flexibility index (Phi) is 8.28. The normalized spacial score (nSPS) is 12.1. The van der Waals surface area contributed by atoms with E-state index >= 15 is 0 Å². The topological polar surface area (TPSA) is 128 Å². The highest BCUT2D eigenvalue weighted by atomic mass is 16.9. The van der Waals surface area contributed by atoms with Gasteiger partial charge in [-0.2, -0.15) is 0 Å². The van der Waals surface area contributed by atoms with Crippen LogP contribution in [-0.4, -0.2) is 70.0 Å². The van der Waals surface area contributed by atoms with Gasteiger partial charge in [0.2, 0.25) is 5.82 Å². The second-order valence-corrected chi connectivity index (χ2v) is 9.11. The summed E-state index contributed by atoms with van der Waals surface area (Å²) in [5, 5.41) is 12.5. The maximum Gasteiger partial charge on any atom is 0.407 e. The first kappa shape index (κ1) is 27.1. The molecule has 11 nitrogen and oxygen atoms in total. The molecule has 0 unspecified atom stereocenters. The summed E-state index contributed by atoms with van der Waals surface area (Å²) < 4.78 is 18.5. The number of anilines is 1. The highest BCUT2D eigenvalue weighted by molar-refractivity contribution is 6.05. The van der Waals surface area contributed by atoms with Crippen molar-refractivity contribution in [2.45, 2.75) is 45.2 Å². The molecule has 0 aliphatic carbocycles. The van der Waals surface area contributed by atoms with E-state index in [0.29, 0.717) is 47.6 Å². The van der Waals surface area contributed by atoms with Gasteiger partial charge in [-0.3, -0.25) is 9.78 Å². The van der Waals surface area contributed by atoms with Gasteiger partial charge in [0.15, 0.2) is 0 Å². The van der Waals surface area contributed by atoms with Crippen LogP contribution in [0.5, 0.6) is 0 Å². The molecule has 2 N–H and O–H groups in total. The Morgan fingerprint density at radius 2 is 1.81 bits per heavy atom. The number of nitrogens with one attached hydrogen (secondary N) is 1. The number of aryl methyl sites for hydroxylation is 1. The molecule has 3 aromatic rings. The van der Waals surface area contributed by atoms with E-state index in [-0.39, 0.29) is 5.91 Å². The van der Waals surface area contributed by atoms with Gasteiger partial charge in [-0.05, 0) is 57.5 Å². The first-order chi connectivity index (χ1) is 17.1. The van der Waals surface area contributed by atoms with Crippen LogP contribution >= 0.6 is 0 Å². The number of imidazole rings is 1. The van der Waals surface area contributed by atoms with Crippen LogP contribution in [0.25, 0.3) is 11.0 Å². The van der Waals surface area contributed by atoms with Gasteiger partial charge in [0.05, 0.1) is 22.9 Å². The third-order valence-electron chi connectivity index (χ3n) is 5.81. The molecule has 0 atom stereocenters. The largest absolute Gasteiger partial charge is 0.465 e. The number of carbonyl (C=O) groups is 2. The molecular weight excluding hydrogens is 466 g/mol.